The van der Waals surface area contributed by atoms with Gasteiger partial charge >= 0.3 is 0 Å². The fraction of sp³-hybridized carbons (Fsp3) is 0.542. The fourth-order valence-electron chi connectivity index (χ4n) is 4.53. The monoisotopic (exact) mass is 485 g/mol. The molecule has 2 aromatic rings. The molecule has 3 heterocycles. The minimum Gasteiger partial charge on any atom is -0.458 e. The molecule has 1 aromatic carbocycles. The summed E-state index contributed by atoms with van der Waals surface area (Å²) in [4.78, 5) is 44.5. The van der Waals surface area contributed by atoms with E-state index in [9.17, 15) is 24.8 Å². The largest absolute Gasteiger partial charge is 0.458 e. The van der Waals surface area contributed by atoms with Crippen LogP contribution in [0.4, 0.5) is 5.69 Å². The summed E-state index contributed by atoms with van der Waals surface area (Å²) < 4.78 is 5.59. The summed E-state index contributed by atoms with van der Waals surface area (Å²) in [5, 5.41) is 24.8. The van der Waals surface area contributed by atoms with Crippen molar-refractivity contribution < 1.29 is 24.0 Å². The van der Waals surface area contributed by atoms with Gasteiger partial charge in [-0.15, -0.1) is 0 Å². The highest BCUT2D eigenvalue weighted by Gasteiger charge is 2.30. The van der Waals surface area contributed by atoms with Gasteiger partial charge in [0, 0.05) is 35.6 Å². The zero-order chi connectivity index (χ0) is 24.9. The predicted molar refractivity (Wildman–Crippen MR) is 130 cm³/mol. The van der Waals surface area contributed by atoms with E-state index in [-0.39, 0.29) is 24.2 Å². The van der Waals surface area contributed by atoms with Gasteiger partial charge in [-0.05, 0) is 63.3 Å². The van der Waals surface area contributed by atoms with E-state index in [1.807, 2.05) is 0 Å². The summed E-state index contributed by atoms with van der Waals surface area (Å²) in [7, 11) is 0. The molecule has 2 N–H and O–H groups in total. The number of hydrogen-bond acceptors (Lipinski definition) is 7. The Kier molecular flexibility index (Phi) is 7.64. The minimum absolute atomic E-state index is 0.0195. The van der Waals surface area contributed by atoms with E-state index in [2.05, 4.69) is 10.3 Å². The smallest absolute Gasteiger partial charge is 0.260 e. The lowest BCUT2D eigenvalue weighted by molar-refractivity contribution is -0.463. The Morgan fingerprint density at radius 2 is 2.00 bits per heavy atom. The summed E-state index contributed by atoms with van der Waals surface area (Å²) >= 11 is 0. The third-order valence-electron chi connectivity index (χ3n) is 6.36. The Labute approximate surface area is 202 Å². The molecule has 2 aliphatic rings. The van der Waals surface area contributed by atoms with Crippen LogP contribution >= 0.6 is 0 Å². The van der Waals surface area contributed by atoms with Crippen LogP contribution in [-0.4, -0.2) is 76.2 Å². The van der Waals surface area contributed by atoms with Crippen molar-refractivity contribution in [3.8, 4) is 0 Å². The molecule has 11 nitrogen and oxygen atoms in total. The van der Waals surface area contributed by atoms with Gasteiger partial charge in [-0.2, -0.15) is 0 Å². The van der Waals surface area contributed by atoms with Crippen LogP contribution in [0.1, 0.15) is 50.9 Å². The zero-order valence-electron chi connectivity index (χ0n) is 19.8. The topological polar surface area (TPSA) is 142 Å². The molecule has 1 aromatic heterocycles. The lowest BCUT2D eigenvalue weighted by atomic mass is 10.1. The number of nitro groups is 1. The molecule has 2 saturated heterocycles. The normalized spacial score (nSPS) is 20.2. The molecule has 2 fully saturated rings. The molecule has 2 aliphatic heterocycles. The summed E-state index contributed by atoms with van der Waals surface area (Å²) in [6, 6.07) is 6.07. The Morgan fingerprint density at radius 1 is 1.26 bits per heavy atom. The first-order valence-electron chi connectivity index (χ1n) is 12.0. The molecule has 0 bridgehead atoms. The fourth-order valence-corrected chi connectivity index (χ4v) is 4.53. The van der Waals surface area contributed by atoms with Crippen LogP contribution in [0.15, 0.2) is 33.7 Å². The predicted octanol–water partition coefficient (Wildman–Crippen LogP) is 2.58. The quantitative estimate of drug-likeness (QED) is 0.266. The third-order valence-corrected chi connectivity index (χ3v) is 6.36. The molecule has 4 rings (SSSR count). The highest BCUT2D eigenvalue weighted by molar-refractivity contribution is 6.00. The minimum atomic E-state index is -0.786. The van der Waals surface area contributed by atoms with E-state index in [0.29, 0.717) is 30.0 Å². The van der Waals surface area contributed by atoms with Crippen LogP contribution < -0.4 is 5.32 Å². The average molecular weight is 486 g/mol. The molecule has 35 heavy (non-hydrogen) atoms. The highest BCUT2D eigenvalue weighted by atomic mass is 16.6. The molecule has 2 unspecified atom stereocenters. The molecule has 0 radical (unpaired) electrons. The lowest BCUT2D eigenvalue weighted by Crippen LogP contribution is -2.45. The van der Waals surface area contributed by atoms with Gasteiger partial charge in [0.15, 0.2) is 5.84 Å². The average Bonchev–Trinajstić information content (AvgIpc) is 3.46. The molecular weight excluding hydrogens is 454 g/mol. The molecular formula is C24H31N5O6. The number of amidine groups is 1. The summed E-state index contributed by atoms with van der Waals surface area (Å²) in [5.41, 5.74) is 1.13. The van der Waals surface area contributed by atoms with Crippen molar-refractivity contribution in [2.24, 2.45) is 4.99 Å². The summed E-state index contributed by atoms with van der Waals surface area (Å²) in [5.74, 6) is 0.155. The van der Waals surface area contributed by atoms with Gasteiger partial charge in [0.05, 0.1) is 6.54 Å². The Morgan fingerprint density at radius 3 is 2.71 bits per heavy atom. The van der Waals surface area contributed by atoms with E-state index >= 15 is 0 Å². The van der Waals surface area contributed by atoms with E-state index in [4.69, 9.17) is 4.42 Å². The number of aliphatic hydroxyl groups excluding tert-OH is 1. The maximum absolute atomic E-state index is 13.2. The number of carbonyl (C=O) groups is 2. The zero-order valence-corrected chi connectivity index (χ0v) is 19.8. The van der Waals surface area contributed by atoms with Crippen LogP contribution in [-0.2, 0) is 9.59 Å². The SMILES string of the molecule is CC(O)c1cc2cc(NC(C[N+](=O)[O-])=NC3CCCCN(CC(=O)N4CCCC4)C3=O)ccc2o1. The molecule has 11 heteroatoms. The van der Waals surface area contributed by atoms with Gasteiger partial charge in [-0.1, -0.05) is 0 Å². The number of fused-ring (bicyclic) bond motifs is 1. The second-order valence-corrected chi connectivity index (χ2v) is 9.13. The van der Waals surface area contributed by atoms with Crippen molar-refractivity contribution in [3.05, 3.63) is 40.1 Å². The van der Waals surface area contributed by atoms with Crippen molar-refractivity contribution >= 4 is 34.3 Å². The van der Waals surface area contributed by atoms with E-state index in [0.717, 1.165) is 44.2 Å². The Bertz CT molecular complexity index is 1120. The number of nitrogens with zero attached hydrogens (tertiary/aromatic N) is 4. The number of hydrogen-bond donors (Lipinski definition) is 2. The number of nitrogens with one attached hydrogen (secondary N) is 1. The van der Waals surface area contributed by atoms with Crippen LogP contribution in [0.25, 0.3) is 11.0 Å². The van der Waals surface area contributed by atoms with Crippen molar-refractivity contribution in [2.45, 2.75) is 51.2 Å². The number of likely N-dealkylation sites (tertiary alicyclic amines) is 2. The van der Waals surface area contributed by atoms with Crippen LogP contribution in [0.5, 0.6) is 0 Å². The lowest BCUT2D eigenvalue weighted by Gasteiger charge is -2.25. The van der Waals surface area contributed by atoms with Gasteiger partial charge in [0.2, 0.25) is 11.8 Å². The Hall–Kier alpha value is -3.47. The van der Waals surface area contributed by atoms with Crippen LogP contribution in [0, 0.1) is 10.1 Å². The molecule has 0 aliphatic carbocycles. The molecule has 2 amide bonds. The number of carbonyl (C=O) groups excluding carboxylic acids is 2. The first kappa shape index (κ1) is 24.6. The second-order valence-electron chi connectivity index (χ2n) is 9.13. The summed E-state index contributed by atoms with van der Waals surface area (Å²) in [6.45, 7) is 2.97. The van der Waals surface area contributed by atoms with Crippen molar-refractivity contribution in [1.29, 1.82) is 0 Å². The third kappa shape index (κ3) is 6.16. The number of aliphatic imine (C=N–C) groups is 1. The van der Waals surface area contributed by atoms with Gasteiger partial charge in [0.25, 0.3) is 6.54 Å². The van der Waals surface area contributed by atoms with E-state index in [1.54, 1.807) is 41.0 Å². The summed E-state index contributed by atoms with van der Waals surface area (Å²) in [6.07, 6.45) is 3.16. The van der Waals surface area contributed by atoms with Gasteiger partial charge in [0.1, 0.15) is 23.5 Å². The maximum Gasteiger partial charge on any atom is 0.260 e. The molecule has 2 atom stereocenters. The van der Waals surface area contributed by atoms with Gasteiger partial charge < -0.3 is 24.6 Å². The maximum atomic E-state index is 13.2. The molecule has 0 saturated carbocycles. The van der Waals surface area contributed by atoms with E-state index in [1.165, 1.54) is 0 Å². The highest BCUT2D eigenvalue weighted by Crippen LogP contribution is 2.26. The van der Waals surface area contributed by atoms with Crippen molar-refractivity contribution in [1.82, 2.24) is 9.80 Å². The van der Waals surface area contributed by atoms with Crippen LogP contribution in [0.3, 0.4) is 0 Å². The second kappa shape index (κ2) is 10.9. The van der Waals surface area contributed by atoms with Gasteiger partial charge in [-0.25, -0.2) is 0 Å². The number of aliphatic hydroxyl groups is 1. The number of amides is 2. The molecule has 188 valence electrons. The van der Waals surface area contributed by atoms with Crippen molar-refractivity contribution in [3.63, 3.8) is 0 Å². The van der Waals surface area contributed by atoms with Gasteiger partial charge in [-0.3, -0.25) is 24.7 Å². The van der Waals surface area contributed by atoms with E-state index < -0.39 is 23.6 Å². The number of anilines is 1. The number of benzene rings is 1. The standard InChI is InChI=1S/C24H31N5O6/c1-16(30)21-13-17-12-18(7-8-20(17)35-21)25-22(14-29(33)34)26-19-6-2-3-11-28(24(19)32)15-23(31)27-9-4-5-10-27/h7-8,12-13,16,19,30H,2-6,9-11,14-15H2,1H3,(H,25,26). The first-order valence-corrected chi connectivity index (χ1v) is 12.0. The van der Waals surface area contributed by atoms with Crippen LogP contribution in [0.2, 0.25) is 0 Å². The number of furan rings is 1. The Balaban J connectivity index is 1.52. The number of rotatable bonds is 7. The molecule has 0 spiro atoms. The first-order chi connectivity index (χ1) is 16.8. The van der Waals surface area contributed by atoms with Crippen molar-refractivity contribution in [2.75, 3.05) is 38.0 Å².